The van der Waals surface area contributed by atoms with Crippen LogP contribution in [0, 0.1) is 11.3 Å². The molecule has 1 aromatic heterocycles. The molecule has 4 rings (SSSR count). The number of hydrogen-bond acceptors (Lipinski definition) is 6. The monoisotopic (exact) mass is 433 g/mol. The average Bonchev–Trinajstić information content (AvgIpc) is 3.15. The largest absolute Gasteiger partial charge is 0.497 e. The van der Waals surface area contributed by atoms with Crippen molar-refractivity contribution in [3.05, 3.63) is 75.7 Å². The van der Waals surface area contributed by atoms with Gasteiger partial charge in [0.2, 0.25) is 0 Å². The fourth-order valence-corrected chi connectivity index (χ4v) is 5.03. The summed E-state index contributed by atoms with van der Waals surface area (Å²) in [7, 11) is 3.07. The summed E-state index contributed by atoms with van der Waals surface area (Å²) >= 11 is 1.48. The summed E-state index contributed by atoms with van der Waals surface area (Å²) in [4.78, 5) is 16.4. The van der Waals surface area contributed by atoms with E-state index in [2.05, 4.69) is 28.4 Å². The Morgan fingerprint density at radius 3 is 2.71 bits per heavy atom. The summed E-state index contributed by atoms with van der Waals surface area (Å²) < 4.78 is 10.5. The van der Waals surface area contributed by atoms with Crippen LogP contribution in [-0.4, -0.2) is 31.6 Å². The molecule has 0 fully saturated rings. The van der Waals surface area contributed by atoms with Gasteiger partial charge < -0.3 is 14.8 Å². The molecule has 158 valence electrons. The van der Waals surface area contributed by atoms with E-state index < -0.39 is 0 Å². The van der Waals surface area contributed by atoms with E-state index in [1.165, 1.54) is 24.0 Å². The molecule has 1 amide bonds. The number of fused-ring (bicyclic) bond motifs is 1. The van der Waals surface area contributed by atoms with Crippen molar-refractivity contribution in [1.29, 1.82) is 5.26 Å². The smallest absolute Gasteiger partial charge is 0.260 e. The lowest BCUT2D eigenvalue weighted by atomic mass is 10.0. The molecule has 0 saturated heterocycles. The first-order valence-electron chi connectivity index (χ1n) is 9.97. The number of benzene rings is 2. The second-order valence-electron chi connectivity index (χ2n) is 7.29. The van der Waals surface area contributed by atoms with E-state index in [0.717, 1.165) is 36.5 Å². The molecule has 1 N–H and O–H groups in total. The minimum atomic E-state index is -0.309. The van der Waals surface area contributed by atoms with Crippen molar-refractivity contribution in [2.24, 2.45) is 0 Å². The molecular formula is C24H23N3O3S. The molecule has 0 aliphatic carbocycles. The average molecular weight is 434 g/mol. The number of amides is 1. The van der Waals surface area contributed by atoms with E-state index >= 15 is 0 Å². The molecule has 2 aromatic carbocycles. The van der Waals surface area contributed by atoms with Gasteiger partial charge in [-0.3, -0.25) is 9.69 Å². The van der Waals surface area contributed by atoms with Crippen LogP contribution in [0.2, 0.25) is 0 Å². The molecule has 0 radical (unpaired) electrons. The van der Waals surface area contributed by atoms with Crippen LogP contribution in [-0.2, 0) is 19.5 Å². The number of nitriles is 1. The predicted octanol–water partition coefficient (Wildman–Crippen LogP) is 4.45. The van der Waals surface area contributed by atoms with Gasteiger partial charge in [-0.2, -0.15) is 5.26 Å². The maximum atomic E-state index is 12.9. The summed E-state index contributed by atoms with van der Waals surface area (Å²) in [6.07, 6.45) is 0.795. The highest BCUT2D eigenvalue weighted by Gasteiger charge is 2.26. The summed E-state index contributed by atoms with van der Waals surface area (Å²) in [5.74, 6) is 0.720. The van der Waals surface area contributed by atoms with Crippen molar-refractivity contribution in [2.75, 3.05) is 26.1 Å². The molecule has 2 heterocycles. The lowest BCUT2D eigenvalue weighted by molar-refractivity contribution is 0.102. The number of nitrogens with one attached hydrogen (secondary N) is 1. The zero-order chi connectivity index (χ0) is 21.8. The number of methoxy groups -OCH3 is 2. The van der Waals surface area contributed by atoms with Crippen molar-refractivity contribution in [1.82, 2.24) is 4.90 Å². The molecule has 6 nitrogen and oxygen atoms in total. The third kappa shape index (κ3) is 4.41. The summed E-state index contributed by atoms with van der Waals surface area (Å²) in [6, 6.07) is 17.7. The molecule has 1 aliphatic heterocycles. The number of nitrogens with zero attached hydrogens (tertiary/aromatic N) is 2. The highest BCUT2D eigenvalue weighted by atomic mass is 32.1. The van der Waals surface area contributed by atoms with E-state index in [9.17, 15) is 10.1 Å². The first-order chi connectivity index (χ1) is 15.1. The summed E-state index contributed by atoms with van der Waals surface area (Å²) in [6.45, 7) is 2.52. The van der Waals surface area contributed by atoms with Gasteiger partial charge in [0.05, 0.1) is 25.3 Å². The summed E-state index contributed by atoms with van der Waals surface area (Å²) in [5.41, 5.74) is 3.28. The van der Waals surface area contributed by atoms with Crippen LogP contribution >= 0.6 is 11.3 Å². The second kappa shape index (κ2) is 9.21. The molecule has 7 heteroatoms. The highest BCUT2D eigenvalue weighted by molar-refractivity contribution is 7.16. The zero-order valence-corrected chi connectivity index (χ0v) is 18.3. The van der Waals surface area contributed by atoms with Crippen molar-refractivity contribution in [3.63, 3.8) is 0 Å². The van der Waals surface area contributed by atoms with Crippen molar-refractivity contribution < 1.29 is 14.3 Å². The Bertz CT molecular complexity index is 1130. The zero-order valence-electron chi connectivity index (χ0n) is 17.5. The van der Waals surface area contributed by atoms with Crippen molar-refractivity contribution in [3.8, 4) is 17.6 Å². The number of hydrogen-bond donors (Lipinski definition) is 1. The summed E-state index contributed by atoms with van der Waals surface area (Å²) in [5, 5.41) is 13.3. The minimum Gasteiger partial charge on any atom is -0.497 e. The first-order valence-corrected chi connectivity index (χ1v) is 10.8. The van der Waals surface area contributed by atoms with Gasteiger partial charge in [0.15, 0.2) is 0 Å². The molecule has 3 aromatic rings. The standard InChI is InChI=1S/C24H23N3O3S/c1-29-17-8-9-19(21(12-17)30-2)23(28)26-24-20(13-25)18-10-11-27(15-22(18)31-24)14-16-6-4-3-5-7-16/h3-9,12H,10-11,14-15H2,1-2H3,(H,26,28). The third-order valence-electron chi connectivity index (χ3n) is 5.38. The molecule has 1 aliphatic rings. The number of carbonyl (C=O) groups excluding carboxylic acids is 1. The van der Waals surface area contributed by atoms with E-state index in [-0.39, 0.29) is 5.91 Å². The van der Waals surface area contributed by atoms with E-state index in [1.807, 2.05) is 18.2 Å². The Morgan fingerprint density at radius 2 is 2.00 bits per heavy atom. The third-order valence-corrected chi connectivity index (χ3v) is 6.51. The van der Waals surface area contributed by atoms with Crippen LogP contribution in [0.3, 0.4) is 0 Å². The van der Waals surface area contributed by atoms with Crippen LogP contribution in [0.4, 0.5) is 5.00 Å². The predicted molar refractivity (Wildman–Crippen MR) is 121 cm³/mol. The van der Waals surface area contributed by atoms with Gasteiger partial charge in [-0.05, 0) is 29.7 Å². The maximum Gasteiger partial charge on any atom is 0.260 e. The SMILES string of the molecule is COc1ccc(C(=O)Nc2sc3c(c2C#N)CCN(Cc2ccccc2)C3)c(OC)c1. The van der Waals surface area contributed by atoms with Crippen LogP contribution in [0.15, 0.2) is 48.5 Å². The van der Waals surface area contributed by atoms with Gasteiger partial charge in [-0.1, -0.05) is 30.3 Å². The molecule has 0 saturated carbocycles. The van der Waals surface area contributed by atoms with E-state index in [0.29, 0.717) is 27.6 Å². The van der Waals surface area contributed by atoms with Gasteiger partial charge >= 0.3 is 0 Å². The number of ether oxygens (including phenoxy) is 2. The Kier molecular flexibility index (Phi) is 6.21. The van der Waals surface area contributed by atoms with Gasteiger partial charge in [-0.25, -0.2) is 0 Å². The quantitative estimate of drug-likeness (QED) is 0.622. The van der Waals surface area contributed by atoms with Gasteiger partial charge in [0, 0.05) is 30.6 Å². The molecule has 0 atom stereocenters. The minimum absolute atomic E-state index is 0.309. The topological polar surface area (TPSA) is 74.6 Å². The molecule has 0 unspecified atom stereocenters. The highest BCUT2D eigenvalue weighted by Crippen LogP contribution is 2.37. The fourth-order valence-electron chi connectivity index (χ4n) is 3.80. The van der Waals surface area contributed by atoms with Gasteiger partial charge in [0.25, 0.3) is 5.91 Å². The van der Waals surface area contributed by atoms with Crippen LogP contribution in [0.5, 0.6) is 11.5 Å². The van der Waals surface area contributed by atoms with Crippen LogP contribution in [0.25, 0.3) is 0 Å². The Hall–Kier alpha value is -3.34. The normalized spacial score (nSPS) is 13.2. The lowest BCUT2D eigenvalue weighted by Gasteiger charge is -2.26. The lowest BCUT2D eigenvalue weighted by Crippen LogP contribution is -2.29. The second-order valence-corrected chi connectivity index (χ2v) is 8.39. The number of rotatable bonds is 6. The van der Waals surface area contributed by atoms with Crippen molar-refractivity contribution in [2.45, 2.75) is 19.5 Å². The van der Waals surface area contributed by atoms with Crippen LogP contribution in [0.1, 0.15) is 31.9 Å². The molecule has 0 spiro atoms. The van der Waals surface area contributed by atoms with Gasteiger partial charge in [-0.15, -0.1) is 11.3 Å². The molecule has 31 heavy (non-hydrogen) atoms. The number of anilines is 1. The molecular weight excluding hydrogens is 410 g/mol. The number of thiophene rings is 1. The Balaban J connectivity index is 1.54. The van der Waals surface area contributed by atoms with E-state index in [4.69, 9.17) is 9.47 Å². The Morgan fingerprint density at radius 1 is 1.19 bits per heavy atom. The molecule has 0 bridgehead atoms. The Labute approximate surface area is 185 Å². The van der Waals surface area contributed by atoms with Crippen molar-refractivity contribution >= 4 is 22.2 Å². The van der Waals surface area contributed by atoms with E-state index in [1.54, 1.807) is 25.3 Å². The fraction of sp³-hybridized carbons (Fsp3) is 0.250. The first kappa shape index (κ1) is 20.9. The number of carbonyl (C=O) groups is 1. The maximum absolute atomic E-state index is 12.9. The van der Waals surface area contributed by atoms with Crippen LogP contribution < -0.4 is 14.8 Å². The van der Waals surface area contributed by atoms with Gasteiger partial charge in [0.1, 0.15) is 22.6 Å².